The molecule has 19 heavy (non-hydrogen) atoms. The van der Waals surface area contributed by atoms with Crippen LogP contribution in [-0.4, -0.2) is 23.6 Å². The van der Waals surface area contributed by atoms with E-state index in [-0.39, 0.29) is 0 Å². The quantitative estimate of drug-likeness (QED) is 0.893. The lowest BCUT2D eigenvalue weighted by Crippen LogP contribution is -2.18. The molecule has 4 heteroatoms. The van der Waals surface area contributed by atoms with Crippen molar-refractivity contribution in [2.45, 2.75) is 20.4 Å². The number of hydrogen-bond acceptors (Lipinski definition) is 4. The Balaban J connectivity index is 2.08. The molecule has 1 aromatic carbocycles. The molecule has 2 aromatic rings. The van der Waals surface area contributed by atoms with E-state index < -0.39 is 0 Å². The lowest BCUT2D eigenvalue weighted by molar-refractivity contribution is 0.890. The maximum Gasteiger partial charge on any atom is 0.134 e. The minimum Gasteiger partial charge on any atom is -0.370 e. The lowest BCUT2D eigenvalue weighted by Gasteiger charge is -2.18. The number of nitrogens with zero attached hydrogens (tertiary/aromatic N) is 3. The number of rotatable bonds is 5. The van der Waals surface area contributed by atoms with Gasteiger partial charge in [-0.3, -0.25) is 0 Å². The summed E-state index contributed by atoms with van der Waals surface area (Å²) >= 11 is 0. The van der Waals surface area contributed by atoms with E-state index in [0.717, 1.165) is 24.7 Å². The maximum absolute atomic E-state index is 4.31. The minimum atomic E-state index is 0.836. The van der Waals surface area contributed by atoms with Crippen LogP contribution in [0.25, 0.3) is 0 Å². The summed E-state index contributed by atoms with van der Waals surface area (Å²) in [7, 11) is 2.04. The van der Waals surface area contributed by atoms with Gasteiger partial charge in [-0.1, -0.05) is 29.8 Å². The molecule has 1 heterocycles. The Morgan fingerprint density at radius 2 is 1.89 bits per heavy atom. The standard InChI is InChI=1S/C15H20N4/c1-4-16-14-9-15(18-11-17-14)19(3)10-13-7-5-12(2)6-8-13/h5-9,11H,4,10H2,1-3H3,(H,16,17,18). The van der Waals surface area contributed by atoms with Crippen LogP contribution < -0.4 is 10.2 Å². The average Bonchev–Trinajstić information content (AvgIpc) is 2.42. The van der Waals surface area contributed by atoms with Crippen molar-refractivity contribution in [3.8, 4) is 0 Å². The zero-order valence-corrected chi connectivity index (χ0v) is 11.7. The summed E-state index contributed by atoms with van der Waals surface area (Å²) in [6, 6.07) is 10.5. The zero-order valence-electron chi connectivity index (χ0n) is 11.7. The fourth-order valence-corrected chi connectivity index (χ4v) is 1.88. The summed E-state index contributed by atoms with van der Waals surface area (Å²) in [5, 5.41) is 3.20. The van der Waals surface area contributed by atoms with Gasteiger partial charge in [-0.2, -0.15) is 0 Å². The summed E-state index contributed by atoms with van der Waals surface area (Å²) in [5.41, 5.74) is 2.56. The third-order valence-corrected chi connectivity index (χ3v) is 2.94. The highest BCUT2D eigenvalue weighted by Gasteiger charge is 2.05. The molecule has 0 saturated heterocycles. The molecule has 0 saturated carbocycles. The first-order valence-electron chi connectivity index (χ1n) is 6.51. The lowest BCUT2D eigenvalue weighted by atomic mass is 10.1. The van der Waals surface area contributed by atoms with Crippen LogP contribution >= 0.6 is 0 Å². The van der Waals surface area contributed by atoms with E-state index >= 15 is 0 Å². The monoisotopic (exact) mass is 256 g/mol. The summed E-state index contributed by atoms with van der Waals surface area (Å²) < 4.78 is 0. The molecule has 0 fully saturated rings. The van der Waals surface area contributed by atoms with Crippen LogP contribution in [0.15, 0.2) is 36.7 Å². The first kappa shape index (κ1) is 13.3. The second-order valence-electron chi connectivity index (χ2n) is 4.63. The molecule has 0 amide bonds. The highest BCUT2D eigenvalue weighted by Crippen LogP contribution is 2.15. The Bertz CT molecular complexity index is 522. The number of nitrogens with one attached hydrogen (secondary N) is 1. The van der Waals surface area contributed by atoms with Gasteiger partial charge in [0.15, 0.2) is 0 Å². The Morgan fingerprint density at radius 3 is 2.58 bits per heavy atom. The summed E-state index contributed by atoms with van der Waals surface area (Å²) in [6.07, 6.45) is 1.60. The van der Waals surface area contributed by atoms with E-state index in [9.17, 15) is 0 Å². The van der Waals surface area contributed by atoms with Crippen LogP contribution in [0, 0.1) is 6.92 Å². The third-order valence-electron chi connectivity index (χ3n) is 2.94. The molecule has 1 N–H and O–H groups in total. The third kappa shape index (κ3) is 3.68. The van der Waals surface area contributed by atoms with Crippen molar-refractivity contribution in [3.63, 3.8) is 0 Å². The van der Waals surface area contributed by atoms with Crippen LogP contribution in [-0.2, 0) is 6.54 Å². The molecule has 0 spiro atoms. The average molecular weight is 256 g/mol. The normalized spacial score (nSPS) is 10.3. The van der Waals surface area contributed by atoms with Crippen LogP contribution in [0.3, 0.4) is 0 Å². The van der Waals surface area contributed by atoms with Gasteiger partial charge in [-0.15, -0.1) is 0 Å². The predicted molar refractivity (Wildman–Crippen MR) is 79.5 cm³/mol. The molecule has 0 bridgehead atoms. The van der Waals surface area contributed by atoms with Crippen molar-refractivity contribution in [2.75, 3.05) is 23.8 Å². The van der Waals surface area contributed by atoms with Crippen LogP contribution in [0.4, 0.5) is 11.6 Å². The summed E-state index contributed by atoms with van der Waals surface area (Å²) in [6.45, 7) is 5.85. The van der Waals surface area contributed by atoms with Crippen molar-refractivity contribution >= 4 is 11.6 Å². The molecule has 100 valence electrons. The van der Waals surface area contributed by atoms with Gasteiger partial charge < -0.3 is 10.2 Å². The van der Waals surface area contributed by atoms with Crippen LogP contribution in [0.1, 0.15) is 18.1 Å². The van der Waals surface area contributed by atoms with E-state index in [4.69, 9.17) is 0 Å². The SMILES string of the molecule is CCNc1cc(N(C)Cc2ccc(C)cc2)ncn1. The summed E-state index contributed by atoms with van der Waals surface area (Å²) in [4.78, 5) is 10.6. The topological polar surface area (TPSA) is 41.0 Å². The van der Waals surface area contributed by atoms with E-state index in [0.29, 0.717) is 0 Å². The van der Waals surface area contributed by atoms with Gasteiger partial charge in [0.2, 0.25) is 0 Å². The van der Waals surface area contributed by atoms with E-state index in [1.165, 1.54) is 11.1 Å². The van der Waals surface area contributed by atoms with Gasteiger partial charge in [-0.05, 0) is 19.4 Å². The van der Waals surface area contributed by atoms with Crippen molar-refractivity contribution in [1.29, 1.82) is 0 Å². The second-order valence-corrected chi connectivity index (χ2v) is 4.63. The zero-order chi connectivity index (χ0) is 13.7. The van der Waals surface area contributed by atoms with Gasteiger partial charge in [0.1, 0.15) is 18.0 Å². The molecular formula is C15H20N4. The van der Waals surface area contributed by atoms with Gasteiger partial charge in [-0.25, -0.2) is 9.97 Å². The predicted octanol–water partition coefficient (Wildman–Crippen LogP) is 2.85. The highest BCUT2D eigenvalue weighted by atomic mass is 15.2. The molecule has 2 rings (SSSR count). The molecule has 1 aromatic heterocycles. The fraction of sp³-hybridized carbons (Fsp3) is 0.333. The van der Waals surface area contributed by atoms with Crippen molar-refractivity contribution in [1.82, 2.24) is 9.97 Å². The van der Waals surface area contributed by atoms with Gasteiger partial charge in [0.05, 0.1) is 0 Å². The molecular weight excluding hydrogens is 236 g/mol. The second kappa shape index (κ2) is 6.18. The smallest absolute Gasteiger partial charge is 0.134 e. The minimum absolute atomic E-state index is 0.836. The van der Waals surface area contributed by atoms with E-state index in [1.54, 1.807) is 6.33 Å². The molecule has 0 unspecified atom stereocenters. The molecule has 4 nitrogen and oxygen atoms in total. The number of benzene rings is 1. The van der Waals surface area contributed by atoms with Gasteiger partial charge >= 0.3 is 0 Å². The number of anilines is 2. The Labute approximate surface area is 114 Å². The highest BCUT2D eigenvalue weighted by molar-refractivity contribution is 5.48. The molecule has 0 atom stereocenters. The largest absolute Gasteiger partial charge is 0.370 e. The van der Waals surface area contributed by atoms with Crippen LogP contribution in [0.2, 0.25) is 0 Å². The van der Waals surface area contributed by atoms with Crippen molar-refractivity contribution in [3.05, 3.63) is 47.8 Å². The molecule has 0 aliphatic rings. The Kier molecular flexibility index (Phi) is 4.34. The first-order valence-corrected chi connectivity index (χ1v) is 6.51. The first-order chi connectivity index (χ1) is 9.19. The van der Waals surface area contributed by atoms with E-state index in [2.05, 4.69) is 58.3 Å². The molecule has 0 aliphatic carbocycles. The van der Waals surface area contributed by atoms with Gasteiger partial charge in [0, 0.05) is 26.2 Å². The fourth-order valence-electron chi connectivity index (χ4n) is 1.88. The van der Waals surface area contributed by atoms with Crippen molar-refractivity contribution in [2.24, 2.45) is 0 Å². The molecule has 0 aliphatic heterocycles. The van der Waals surface area contributed by atoms with Crippen molar-refractivity contribution < 1.29 is 0 Å². The summed E-state index contributed by atoms with van der Waals surface area (Å²) in [5.74, 6) is 1.79. The Morgan fingerprint density at radius 1 is 1.16 bits per heavy atom. The Hall–Kier alpha value is -2.10. The number of hydrogen-bond donors (Lipinski definition) is 1. The maximum atomic E-state index is 4.31. The molecule has 0 radical (unpaired) electrons. The van der Waals surface area contributed by atoms with E-state index in [1.807, 2.05) is 13.1 Å². The van der Waals surface area contributed by atoms with Crippen LogP contribution in [0.5, 0.6) is 0 Å². The van der Waals surface area contributed by atoms with Gasteiger partial charge in [0.25, 0.3) is 0 Å². The number of aromatic nitrogens is 2. The number of aryl methyl sites for hydroxylation is 1.